The molecule has 0 spiro atoms. The summed E-state index contributed by atoms with van der Waals surface area (Å²) in [6.45, 7) is 5.63. The average Bonchev–Trinajstić information content (AvgIpc) is 3.13. The standard InChI is InChI=1S/C27H30N4O7/c1-7-36-25(33)21-15(3)29-16(4)22(26(34)37-8-2)23(21)27(35)38-14-20(32)17(13-28)24-30(5)18-11-9-10-12-19(18)31(24)6/h9-12,23,29H,7-8,14H2,1-6H3. The Kier molecular flexibility index (Phi) is 8.57. The Balaban J connectivity index is 1.92. The minimum Gasteiger partial charge on any atom is -0.463 e. The quantitative estimate of drug-likeness (QED) is 0.233. The zero-order valence-corrected chi connectivity index (χ0v) is 22.2. The van der Waals surface area contributed by atoms with Crippen molar-refractivity contribution in [3.05, 3.63) is 58.2 Å². The van der Waals surface area contributed by atoms with Crippen LogP contribution in [0.5, 0.6) is 0 Å². The maximum Gasteiger partial charge on any atom is 0.337 e. The van der Waals surface area contributed by atoms with Crippen LogP contribution in [0.2, 0.25) is 0 Å². The van der Waals surface area contributed by atoms with Gasteiger partial charge in [0.1, 0.15) is 23.4 Å². The smallest absolute Gasteiger partial charge is 0.337 e. The summed E-state index contributed by atoms with van der Waals surface area (Å²) in [6.07, 6.45) is 0. The van der Waals surface area contributed by atoms with Crippen LogP contribution in [0.1, 0.15) is 27.7 Å². The second kappa shape index (κ2) is 11.6. The molecule has 2 aliphatic rings. The van der Waals surface area contributed by atoms with E-state index in [2.05, 4.69) is 5.32 Å². The minimum absolute atomic E-state index is 0.0375. The van der Waals surface area contributed by atoms with Crippen molar-refractivity contribution in [2.75, 3.05) is 43.7 Å². The van der Waals surface area contributed by atoms with Crippen LogP contribution in [-0.2, 0) is 33.4 Å². The van der Waals surface area contributed by atoms with E-state index in [1.54, 1.807) is 51.6 Å². The van der Waals surface area contributed by atoms with Crippen LogP contribution >= 0.6 is 0 Å². The van der Waals surface area contributed by atoms with Crippen LogP contribution in [0.15, 0.2) is 58.2 Å². The molecule has 0 amide bonds. The number of carbonyl (C=O) groups is 4. The number of Topliss-reactive ketones (excluding diaryl/α,β-unsaturated/α-hetero) is 1. The fourth-order valence-corrected chi connectivity index (χ4v) is 4.54. The lowest BCUT2D eigenvalue weighted by atomic mass is 9.85. The third kappa shape index (κ3) is 5.11. The lowest BCUT2D eigenvalue weighted by Crippen LogP contribution is -2.39. The Morgan fingerprint density at radius 2 is 1.37 bits per heavy atom. The largest absolute Gasteiger partial charge is 0.463 e. The first kappa shape index (κ1) is 28.0. The molecule has 0 unspecified atom stereocenters. The summed E-state index contributed by atoms with van der Waals surface area (Å²) in [5, 5.41) is 12.7. The molecule has 3 rings (SSSR count). The third-order valence-corrected chi connectivity index (χ3v) is 6.19. The van der Waals surface area contributed by atoms with Gasteiger partial charge >= 0.3 is 17.9 Å². The lowest BCUT2D eigenvalue weighted by Gasteiger charge is -2.28. The Morgan fingerprint density at radius 1 is 0.895 bits per heavy atom. The number of nitrogens with one attached hydrogen (secondary N) is 1. The topological polar surface area (TPSA) is 138 Å². The van der Waals surface area contributed by atoms with Gasteiger partial charge in [0.05, 0.1) is 35.7 Å². The number of dihydropyridines is 1. The van der Waals surface area contributed by atoms with Gasteiger partial charge in [0, 0.05) is 25.5 Å². The van der Waals surface area contributed by atoms with Gasteiger partial charge in [-0.2, -0.15) is 5.26 Å². The number of anilines is 2. The number of nitrogens with zero attached hydrogens (tertiary/aromatic N) is 3. The molecule has 1 aromatic rings. The molecule has 200 valence electrons. The highest BCUT2D eigenvalue weighted by Crippen LogP contribution is 2.40. The predicted octanol–water partition coefficient (Wildman–Crippen LogP) is 2.31. The summed E-state index contributed by atoms with van der Waals surface area (Å²) in [5.41, 5.74) is 1.75. The molecule has 1 N–H and O–H groups in total. The zero-order valence-electron chi connectivity index (χ0n) is 22.2. The number of nitriles is 1. The SMILES string of the molecule is CCOC(=O)C1=C(C)NC(C)=C(C(=O)OCC)C1C(=O)OCC(=O)C(C#N)=C1N(C)c2ccccc2N1C. The van der Waals surface area contributed by atoms with E-state index in [0.29, 0.717) is 17.2 Å². The first-order valence-electron chi connectivity index (χ1n) is 12.0. The van der Waals surface area contributed by atoms with Gasteiger partial charge in [-0.3, -0.25) is 9.59 Å². The van der Waals surface area contributed by atoms with E-state index in [1.807, 2.05) is 30.3 Å². The first-order valence-corrected chi connectivity index (χ1v) is 12.0. The second-order valence-electron chi connectivity index (χ2n) is 8.52. The summed E-state index contributed by atoms with van der Waals surface area (Å²) >= 11 is 0. The van der Waals surface area contributed by atoms with Crippen LogP contribution in [0, 0.1) is 17.2 Å². The van der Waals surface area contributed by atoms with E-state index < -0.39 is 36.2 Å². The van der Waals surface area contributed by atoms with Gasteiger partial charge in [-0.25, -0.2) is 9.59 Å². The predicted molar refractivity (Wildman–Crippen MR) is 137 cm³/mol. The molecule has 0 fully saturated rings. The van der Waals surface area contributed by atoms with Gasteiger partial charge in [0.15, 0.2) is 6.61 Å². The molecule has 0 radical (unpaired) electrons. The van der Waals surface area contributed by atoms with Gasteiger partial charge in [0.2, 0.25) is 5.78 Å². The molecule has 38 heavy (non-hydrogen) atoms. The monoisotopic (exact) mass is 522 g/mol. The summed E-state index contributed by atoms with van der Waals surface area (Å²) in [5.74, 6) is -4.54. The molecule has 2 aliphatic heterocycles. The molecular formula is C27H30N4O7. The number of carbonyl (C=O) groups excluding carboxylic acids is 4. The number of allylic oxidation sites excluding steroid dienone is 2. The number of hydrogen-bond donors (Lipinski definition) is 1. The van der Waals surface area contributed by atoms with E-state index in [4.69, 9.17) is 14.2 Å². The maximum absolute atomic E-state index is 13.4. The number of ether oxygens (including phenoxy) is 3. The molecule has 0 bridgehead atoms. The number of ketones is 1. The molecule has 1 aromatic carbocycles. The molecule has 2 heterocycles. The Labute approximate surface area is 220 Å². The number of hydrogen-bond acceptors (Lipinski definition) is 11. The van der Waals surface area contributed by atoms with Crippen molar-refractivity contribution in [2.24, 2.45) is 5.92 Å². The van der Waals surface area contributed by atoms with E-state index in [9.17, 15) is 24.4 Å². The molecule has 0 atom stereocenters. The van der Waals surface area contributed by atoms with Crippen molar-refractivity contribution in [2.45, 2.75) is 27.7 Å². The number of esters is 3. The summed E-state index contributed by atoms with van der Waals surface area (Å²) in [6, 6.07) is 9.31. The van der Waals surface area contributed by atoms with Crippen molar-refractivity contribution < 1.29 is 33.4 Å². The normalized spacial score (nSPS) is 15.0. The van der Waals surface area contributed by atoms with Crippen molar-refractivity contribution >= 4 is 35.1 Å². The van der Waals surface area contributed by atoms with E-state index in [-0.39, 0.29) is 29.9 Å². The lowest BCUT2D eigenvalue weighted by molar-refractivity contribution is -0.153. The van der Waals surface area contributed by atoms with E-state index in [1.165, 1.54) is 0 Å². The van der Waals surface area contributed by atoms with Gasteiger partial charge < -0.3 is 29.3 Å². The van der Waals surface area contributed by atoms with Crippen molar-refractivity contribution in [3.8, 4) is 6.07 Å². The molecule has 0 aromatic heterocycles. The fourth-order valence-electron chi connectivity index (χ4n) is 4.54. The number of rotatable bonds is 8. The second-order valence-corrected chi connectivity index (χ2v) is 8.52. The highest BCUT2D eigenvalue weighted by molar-refractivity contribution is 6.07. The first-order chi connectivity index (χ1) is 18.1. The summed E-state index contributed by atoms with van der Waals surface area (Å²) in [4.78, 5) is 55.4. The Bertz CT molecular complexity index is 1250. The zero-order chi connectivity index (χ0) is 28.1. The van der Waals surface area contributed by atoms with Crippen LogP contribution in [0.3, 0.4) is 0 Å². The molecule has 0 aliphatic carbocycles. The number of fused-ring (bicyclic) bond motifs is 1. The molecule has 0 saturated carbocycles. The molecular weight excluding hydrogens is 492 g/mol. The minimum atomic E-state index is -1.48. The van der Waals surface area contributed by atoms with Crippen LogP contribution in [0.4, 0.5) is 11.4 Å². The highest BCUT2D eigenvalue weighted by atomic mass is 16.5. The van der Waals surface area contributed by atoms with Crippen LogP contribution < -0.4 is 15.1 Å². The fraction of sp³-hybridized carbons (Fsp3) is 0.370. The summed E-state index contributed by atoms with van der Waals surface area (Å²) < 4.78 is 15.5. The maximum atomic E-state index is 13.4. The van der Waals surface area contributed by atoms with Gasteiger partial charge in [0.25, 0.3) is 0 Å². The van der Waals surface area contributed by atoms with Crippen LogP contribution in [-0.4, -0.2) is 57.6 Å². The van der Waals surface area contributed by atoms with Crippen molar-refractivity contribution in [1.29, 1.82) is 5.26 Å². The van der Waals surface area contributed by atoms with Gasteiger partial charge in [-0.05, 0) is 39.8 Å². The van der Waals surface area contributed by atoms with Crippen molar-refractivity contribution in [3.63, 3.8) is 0 Å². The third-order valence-electron chi connectivity index (χ3n) is 6.19. The molecule has 11 nitrogen and oxygen atoms in total. The van der Waals surface area contributed by atoms with E-state index in [0.717, 1.165) is 11.4 Å². The summed E-state index contributed by atoms with van der Waals surface area (Å²) in [7, 11) is 3.45. The van der Waals surface area contributed by atoms with Gasteiger partial charge in [-0.15, -0.1) is 0 Å². The van der Waals surface area contributed by atoms with Crippen molar-refractivity contribution in [1.82, 2.24) is 5.32 Å². The Morgan fingerprint density at radius 3 is 1.79 bits per heavy atom. The van der Waals surface area contributed by atoms with Gasteiger partial charge in [-0.1, -0.05) is 12.1 Å². The molecule has 11 heteroatoms. The van der Waals surface area contributed by atoms with Crippen LogP contribution in [0.25, 0.3) is 0 Å². The number of benzene rings is 1. The average molecular weight is 523 g/mol. The molecule has 0 saturated heterocycles. The van der Waals surface area contributed by atoms with E-state index >= 15 is 0 Å². The Hall–Kier alpha value is -4.59. The highest BCUT2D eigenvalue weighted by Gasteiger charge is 2.43. The number of para-hydroxylation sites is 2.